The van der Waals surface area contributed by atoms with Gasteiger partial charge in [0.25, 0.3) is 0 Å². The summed E-state index contributed by atoms with van der Waals surface area (Å²) in [6.45, 7) is 0. The van der Waals surface area contributed by atoms with Gasteiger partial charge < -0.3 is 0 Å². The van der Waals surface area contributed by atoms with Crippen LogP contribution in [0.15, 0.2) is 0 Å². The quantitative estimate of drug-likeness (QED) is 0.237. The first-order chi connectivity index (χ1) is 3.72. The van der Waals surface area contributed by atoms with E-state index >= 15 is 0 Å². The largest absolute Gasteiger partial charge is 0.319 e. The topological polar surface area (TPSA) is 58.2 Å². The number of nitrogens with one attached hydrogen (secondary N) is 2. The molecule has 0 saturated carbocycles. The molecule has 0 rings (SSSR count). The molecule has 0 aliphatic rings. The molecule has 0 saturated heterocycles. The van der Waals surface area contributed by atoms with Gasteiger partial charge in [-0.15, -0.1) is 0 Å². The molecule has 4 nitrogen and oxygen atoms in total. The second-order valence-corrected chi connectivity index (χ2v) is 1.33. The van der Waals surface area contributed by atoms with Crippen LogP contribution in [0.25, 0.3) is 0 Å². The summed E-state index contributed by atoms with van der Waals surface area (Å²) in [5.41, 5.74) is 0. The maximum absolute atomic E-state index is 10.1. The third-order valence-corrected chi connectivity index (χ3v) is 0.816. The van der Waals surface area contributed by atoms with Crippen molar-refractivity contribution in [3.63, 3.8) is 0 Å². The smallest absolute Gasteiger partial charge is 0.294 e. The number of hydrogen-bond acceptors (Lipinski definition) is 4. The molecule has 9 heavy (non-hydrogen) atoms. The molecule has 0 spiro atoms. The normalized spacial score (nSPS) is 6.89. The maximum atomic E-state index is 10.1. The van der Waals surface area contributed by atoms with E-state index in [1.165, 1.54) is 0 Å². The van der Waals surface area contributed by atoms with Gasteiger partial charge in [-0.2, -0.15) is 0 Å². The molecular weight excluding hydrogens is 214 g/mol. The van der Waals surface area contributed by atoms with Crippen LogP contribution in [0.2, 0.25) is 0 Å². The Hall–Kier alpha value is 0.263. The van der Waals surface area contributed by atoms with E-state index in [1.54, 1.807) is 0 Å². The predicted molar refractivity (Wildman–Crippen MR) is 34.3 cm³/mol. The van der Waals surface area contributed by atoms with E-state index in [0.29, 0.717) is 0 Å². The van der Waals surface area contributed by atoms with Crippen molar-refractivity contribution in [2.45, 2.75) is 0 Å². The van der Waals surface area contributed by atoms with Crippen LogP contribution in [0.5, 0.6) is 0 Å². The van der Waals surface area contributed by atoms with Crippen LogP contribution < -0.4 is 9.44 Å². The van der Waals surface area contributed by atoms with E-state index < -0.39 is 11.8 Å². The Balaban J connectivity index is 0. The van der Waals surface area contributed by atoms with Gasteiger partial charge in [0.1, 0.15) is 0 Å². The van der Waals surface area contributed by atoms with Crippen LogP contribution >= 0.6 is 25.6 Å². The molecular formula is C2H4N2O2S2Zn. The number of carbonyl (C=O) groups is 2. The molecule has 2 amide bonds. The molecule has 0 heterocycles. The Labute approximate surface area is 76.0 Å². The number of carbonyl (C=O) groups excluding carboxylic acids is 2. The van der Waals surface area contributed by atoms with Crippen LogP contribution in [-0.2, 0) is 29.1 Å². The summed E-state index contributed by atoms with van der Waals surface area (Å²) in [6.07, 6.45) is 0. The Kier molecular flexibility index (Phi) is 8.51. The molecule has 0 bridgehead atoms. The van der Waals surface area contributed by atoms with Gasteiger partial charge in [-0.05, 0) is 0 Å². The average molecular weight is 218 g/mol. The zero-order valence-electron chi connectivity index (χ0n) is 4.42. The first-order valence-electron chi connectivity index (χ1n) is 1.61. The van der Waals surface area contributed by atoms with Gasteiger partial charge in [-0.3, -0.25) is 19.0 Å². The number of thiol groups is 2. The minimum absolute atomic E-state index is 0. The molecule has 0 aliphatic heterocycles. The molecule has 0 aliphatic carbocycles. The zero-order valence-corrected chi connectivity index (χ0v) is 9.17. The first kappa shape index (κ1) is 12.0. The maximum Gasteiger partial charge on any atom is 0.319 e. The van der Waals surface area contributed by atoms with E-state index in [4.69, 9.17) is 0 Å². The molecule has 0 aromatic rings. The molecule has 0 unspecified atom stereocenters. The van der Waals surface area contributed by atoms with Crippen molar-refractivity contribution in [3.8, 4) is 0 Å². The summed E-state index contributed by atoms with van der Waals surface area (Å²) in [5.74, 6) is -1.66. The van der Waals surface area contributed by atoms with E-state index in [-0.39, 0.29) is 19.5 Å². The third kappa shape index (κ3) is 4.75. The van der Waals surface area contributed by atoms with Crippen molar-refractivity contribution in [1.29, 1.82) is 0 Å². The molecule has 0 aromatic carbocycles. The van der Waals surface area contributed by atoms with Gasteiger partial charge in [0.05, 0.1) is 0 Å². The van der Waals surface area contributed by atoms with E-state index in [0.717, 1.165) is 0 Å². The van der Waals surface area contributed by atoms with Gasteiger partial charge in [0.2, 0.25) is 0 Å². The average Bonchev–Trinajstić information content (AvgIpc) is 1.84. The van der Waals surface area contributed by atoms with E-state index in [9.17, 15) is 9.59 Å². The van der Waals surface area contributed by atoms with E-state index in [1.807, 2.05) is 9.44 Å². The molecule has 2 N–H and O–H groups in total. The fourth-order valence-electron chi connectivity index (χ4n) is 0.102. The van der Waals surface area contributed by atoms with E-state index in [2.05, 4.69) is 25.6 Å². The van der Waals surface area contributed by atoms with Crippen LogP contribution in [-0.4, -0.2) is 11.8 Å². The third-order valence-electron chi connectivity index (χ3n) is 0.409. The van der Waals surface area contributed by atoms with Gasteiger partial charge in [-0.1, -0.05) is 25.6 Å². The van der Waals surface area contributed by atoms with Crippen LogP contribution in [0.3, 0.4) is 0 Å². The monoisotopic (exact) mass is 216 g/mol. The van der Waals surface area contributed by atoms with Crippen LogP contribution in [0.1, 0.15) is 0 Å². The predicted octanol–water partition coefficient (Wildman–Crippen LogP) is -1.09. The number of amides is 2. The fraction of sp³-hybridized carbons (Fsp3) is 0. The van der Waals surface area contributed by atoms with Crippen molar-refractivity contribution in [1.82, 2.24) is 9.44 Å². The Bertz CT molecular complexity index is 105. The van der Waals surface area contributed by atoms with Crippen molar-refractivity contribution in [2.75, 3.05) is 0 Å². The SMILES string of the molecule is O=C(NS)C(=O)NS.[Zn]. The summed E-state index contributed by atoms with van der Waals surface area (Å²) in [4.78, 5) is 20.2. The van der Waals surface area contributed by atoms with Crippen LogP contribution in [0.4, 0.5) is 0 Å². The van der Waals surface area contributed by atoms with Crippen molar-refractivity contribution in [2.24, 2.45) is 0 Å². The Morgan fingerprint density at radius 2 is 1.22 bits per heavy atom. The second-order valence-electron chi connectivity index (χ2n) is 0.882. The summed E-state index contributed by atoms with van der Waals surface area (Å²) < 4.78 is 3.62. The van der Waals surface area contributed by atoms with Crippen LogP contribution in [0, 0.1) is 0 Å². The minimum atomic E-state index is -0.830. The van der Waals surface area contributed by atoms with Crippen molar-refractivity contribution < 1.29 is 29.1 Å². The van der Waals surface area contributed by atoms with Crippen molar-refractivity contribution in [3.05, 3.63) is 0 Å². The second kappa shape index (κ2) is 6.38. The van der Waals surface area contributed by atoms with Gasteiger partial charge >= 0.3 is 11.8 Å². The fourth-order valence-corrected chi connectivity index (χ4v) is 0.305. The summed E-state index contributed by atoms with van der Waals surface area (Å²) in [5, 5.41) is 0. The first-order valence-corrected chi connectivity index (χ1v) is 2.50. The minimum Gasteiger partial charge on any atom is -0.294 e. The number of hydrogen-bond donors (Lipinski definition) is 4. The van der Waals surface area contributed by atoms with Gasteiger partial charge in [-0.25, -0.2) is 0 Å². The molecule has 0 atom stereocenters. The van der Waals surface area contributed by atoms with Crippen molar-refractivity contribution >= 4 is 37.4 Å². The Morgan fingerprint density at radius 1 is 1.00 bits per heavy atom. The molecule has 48 valence electrons. The Morgan fingerprint density at radius 3 is 1.33 bits per heavy atom. The summed E-state index contributed by atoms with van der Waals surface area (Å²) in [7, 11) is 0. The molecule has 0 aromatic heterocycles. The van der Waals surface area contributed by atoms with Gasteiger partial charge in [0, 0.05) is 19.5 Å². The van der Waals surface area contributed by atoms with Gasteiger partial charge in [0.15, 0.2) is 0 Å². The number of rotatable bonds is 0. The standard InChI is InChI=1S/C2H4N2O2S2.Zn/c5-1(3-7)2(6)4-8;/h7-8H,(H,3,5)(H,4,6);. The molecule has 0 fully saturated rings. The summed E-state index contributed by atoms with van der Waals surface area (Å²) in [6, 6.07) is 0. The molecule has 0 radical (unpaired) electrons. The summed E-state index contributed by atoms with van der Waals surface area (Å²) >= 11 is 6.63. The molecule has 7 heteroatoms. The zero-order chi connectivity index (χ0) is 6.57.